The van der Waals surface area contributed by atoms with Gasteiger partial charge < -0.3 is 19.4 Å². The maximum atomic E-state index is 12.3. The van der Waals surface area contributed by atoms with E-state index in [9.17, 15) is 4.79 Å². The van der Waals surface area contributed by atoms with Gasteiger partial charge in [-0.15, -0.1) is 0 Å². The van der Waals surface area contributed by atoms with Crippen molar-refractivity contribution in [2.45, 2.75) is 12.5 Å². The number of ether oxygens (including phenoxy) is 1. The fourth-order valence-corrected chi connectivity index (χ4v) is 3.31. The molecule has 3 heterocycles. The molecule has 1 N–H and O–H groups in total. The molecule has 2 aliphatic heterocycles. The number of nitrogens with one attached hydrogen (secondary N) is 1. The third-order valence-corrected chi connectivity index (χ3v) is 4.48. The fourth-order valence-electron chi connectivity index (χ4n) is 3.31. The molecule has 0 spiro atoms. The van der Waals surface area contributed by atoms with E-state index in [0.29, 0.717) is 29.2 Å². The lowest BCUT2D eigenvalue weighted by molar-refractivity contribution is 0.0924. The summed E-state index contributed by atoms with van der Waals surface area (Å²) in [6.45, 7) is 3.28. The van der Waals surface area contributed by atoms with Crippen LogP contribution in [0.4, 0.5) is 0 Å². The average Bonchev–Trinajstić information content (AvgIpc) is 3.25. The lowest BCUT2D eigenvalue weighted by atomic mass is 9.99. The monoisotopic (exact) mass is 298 g/mol. The van der Waals surface area contributed by atoms with Gasteiger partial charge in [0.05, 0.1) is 6.26 Å². The molecule has 4 rings (SSSR count). The molecule has 2 saturated heterocycles. The van der Waals surface area contributed by atoms with Crippen LogP contribution in [0.1, 0.15) is 16.8 Å². The van der Waals surface area contributed by atoms with E-state index in [-0.39, 0.29) is 5.91 Å². The molecule has 22 heavy (non-hydrogen) atoms. The third kappa shape index (κ3) is 2.60. The standard InChI is InChI=1S/C17H18N2O3/c20-17(18-15-11-19-8-7-13(15)10-19)12-3-5-14(6-4-12)22-16-2-1-9-21-16/h1-6,9,13,15H,7-8,10-11H2,(H,18,20). The summed E-state index contributed by atoms with van der Waals surface area (Å²) >= 11 is 0. The topological polar surface area (TPSA) is 54.7 Å². The van der Waals surface area contributed by atoms with Crippen molar-refractivity contribution in [2.24, 2.45) is 5.92 Å². The van der Waals surface area contributed by atoms with Crippen LogP contribution in [0.2, 0.25) is 0 Å². The highest BCUT2D eigenvalue weighted by atomic mass is 16.6. The molecule has 5 nitrogen and oxygen atoms in total. The summed E-state index contributed by atoms with van der Waals surface area (Å²) in [5, 5.41) is 3.15. The molecule has 1 aromatic heterocycles. The van der Waals surface area contributed by atoms with E-state index >= 15 is 0 Å². The molecule has 0 aliphatic carbocycles. The van der Waals surface area contributed by atoms with Gasteiger partial charge in [0.15, 0.2) is 0 Å². The Bertz CT molecular complexity index is 651. The van der Waals surface area contributed by atoms with Crippen molar-refractivity contribution in [2.75, 3.05) is 19.6 Å². The summed E-state index contributed by atoms with van der Waals surface area (Å²) in [7, 11) is 0. The first-order valence-electron chi connectivity index (χ1n) is 7.62. The Kier molecular flexibility index (Phi) is 3.35. The first kappa shape index (κ1) is 13.4. The molecule has 1 aromatic carbocycles. The Labute approximate surface area is 128 Å². The van der Waals surface area contributed by atoms with Gasteiger partial charge in [-0.1, -0.05) is 0 Å². The Hall–Kier alpha value is -2.27. The second-order valence-corrected chi connectivity index (χ2v) is 5.95. The summed E-state index contributed by atoms with van der Waals surface area (Å²) in [6, 6.07) is 10.9. The number of nitrogens with zero attached hydrogens (tertiary/aromatic N) is 1. The number of benzene rings is 1. The first-order chi connectivity index (χ1) is 10.8. The zero-order chi connectivity index (χ0) is 14.9. The second-order valence-electron chi connectivity index (χ2n) is 5.95. The molecule has 1 amide bonds. The number of amides is 1. The van der Waals surface area contributed by atoms with Gasteiger partial charge in [0.1, 0.15) is 5.75 Å². The fraction of sp³-hybridized carbons (Fsp3) is 0.353. The van der Waals surface area contributed by atoms with E-state index in [2.05, 4.69) is 10.2 Å². The van der Waals surface area contributed by atoms with Crippen LogP contribution in [0.25, 0.3) is 0 Å². The smallest absolute Gasteiger partial charge is 0.289 e. The molecular formula is C17H18N2O3. The molecule has 0 radical (unpaired) electrons. The number of carbonyl (C=O) groups excluding carboxylic acids is 1. The minimum atomic E-state index is -0.0108. The van der Waals surface area contributed by atoms with Gasteiger partial charge in [-0.05, 0) is 49.2 Å². The highest BCUT2D eigenvalue weighted by molar-refractivity contribution is 5.94. The number of fused-ring (bicyclic) bond motifs is 2. The number of piperidine rings is 1. The van der Waals surface area contributed by atoms with Crippen molar-refractivity contribution in [3.05, 3.63) is 48.2 Å². The van der Waals surface area contributed by atoms with E-state index in [0.717, 1.165) is 13.1 Å². The van der Waals surface area contributed by atoms with Crippen molar-refractivity contribution in [1.82, 2.24) is 10.2 Å². The number of rotatable bonds is 4. The summed E-state index contributed by atoms with van der Waals surface area (Å²) < 4.78 is 10.6. The molecular weight excluding hydrogens is 280 g/mol. The van der Waals surface area contributed by atoms with Gasteiger partial charge >= 0.3 is 0 Å². The average molecular weight is 298 g/mol. The molecule has 2 bridgehead atoms. The van der Waals surface area contributed by atoms with Crippen LogP contribution in [0, 0.1) is 5.92 Å². The van der Waals surface area contributed by atoms with Crippen LogP contribution >= 0.6 is 0 Å². The Morgan fingerprint density at radius 3 is 2.73 bits per heavy atom. The normalized spacial score (nSPS) is 26.1. The van der Waals surface area contributed by atoms with Gasteiger partial charge in [0, 0.05) is 30.8 Å². The third-order valence-electron chi connectivity index (χ3n) is 4.48. The summed E-state index contributed by atoms with van der Waals surface area (Å²) in [5.74, 6) is 1.69. The summed E-state index contributed by atoms with van der Waals surface area (Å²) in [4.78, 5) is 14.7. The van der Waals surface area contributed by atoms with Crippen LogP contribution < -0.4 is 10.1 Å². The van der Waals surface area contributed by atoms with Gasteiger partial charge in [0.2, 0.25) is 0 Å². The minimum Gasteiger partial charge on any atom is -0.434 e. The first-order valence-corrected chi connectivity index (χ1v) is 7.62. The zero-order valence-corrected chi connectivity index (χ0v) is 12.2. The van der Waals surface area contributed by atoms with Crippen molar-refractivity contribution in [3.63, 3.8) is 0 Å². The molecule has 114 valence electrons. The largest absolute Gasteiger partial charge is 0.434 e. The van der Waals surface area contributed by atoms with Crippen LogP contribution in [0.15, 0.2) is 47.1 Å². The quantitative estimate of drug-likeness (QED) is 0.942. The van der Waals surface area contributed by atoms with Crippen LogP contribution in [0.3, 0.4) is 0 Å². The minimum absolute atomic E-state index is 0.0108. The maximum absolute atomic E-state index is 12.3. The SMILES string of the molecule is O=C(NC1CN2CCC1C2)c1ccc(Oc2ccco2)cc1. The van der Waals surface area contributed by atoms with E-state index in [4.69, 9.17) is 9.15 Å². The molecule has 0 saturated carbocycles. The van der Waals surface area contributed by atoms with Gasteiger partial charge in [0.25, 0.3) is 11.9 Å². The number of hydrogen-bond acceptors (Lipinski definition) is 4. The predicted molar refractivity (Wildman–Crippen MR) is 81.0 cm³/mol. The molecule has 5 heteroatoms. The Morgan fingerprint density at radius 2 is 2.09 bits per heavy atom. The van der Waals surface area contributed by atoms with E-state index < -0.39 is 0 Å². The Morgan fingerprint density at radius 1 is 1.23 bits per heavy atom. The molecule has 2 aromatic rings. The summed E-state index contributed by atoms with van der Waals surface area (Å²) in [6.07, 6.45) is 2.75. The van der Waals surface area contributed by atoms with Crippen LogP contribution in [-0.4, -0.2) is 36.5 Å². The van der Waals surface area contributed by atoms with Crippen molar-refractivity contribution < 1.29 is 13.9 Å². The van der Waals surface area contributed by atoms with Crippen molar-refractivity contribution in [1.29, 1.82) is 0 Å². The number of carbonyl (C=O) groups is 1. The lowest BCUT2D eigenvalue weighted by Crippen LogP contribution is -2.43. The van der Waals surface area contributed by atoms with E-state index in [1.54, 1.807) is 42.7 Å². The predicted octanol–water partition coefficient (Wildman–Crippen LogP) is 2.51. The van der Waals surface area contributed by atoms with Crippen LogP contribution in [-0.2, 0) is 0 Å². The van der Waals surface area contributed by atoms with Gasteiger partial charge in [-0.3, -0.25) is 4.79 Å². The number of hydrogen-bond donors (Lipinski definition) is 1. The highest BCUT2D eigenvalue weighted by Gasteiger charge is 2.38. The number of furan rings is 1. The van der Waals surface area contributed by atoms with Gasteiger partial charge in [-0.2, -0.15) is 0 Å². The molecule has 2 aliphatic rings. The zero-order valence-electron chi connectivity index (χ0n) is 12.2. The van der Waals surface area contributed by atoms with E-state index in [1.165, 1.54) is 13.0 Å². The van der Waals surface area contributed by atoms with Crippen LogP contribution in [0.5, 0.6) is 11.7 Å². The van der Waals surface area contributed by atoms with Crippen molar-refractivity contribution in [3.8, 4) is 11.7 Å². The highest BCUT2D eigenvalue weighted by Crippen LogP contribution is 2.28. The summed E-state index contributed by atoms with van der Waals surface area (Å²) in [5.41, 5.74) is 0.657. The Balaban J connectivity index is 1.38. The van der Waals surface area contributed by atoms with Crippen molar-refractivity contribution >= 4 is 5.91 Å². The molecule has 3 unspecified atom stereocenters. The maximum Gasteiger partial charge on any atom is 0.289 e. The van der Waals surface area contributed by atoms with E-state index in [1.807, 2.05) is 0 Å². The van der Waals surface area contributed by atoms with Gasteiger partial charge in [-0.25, -0.2) is 0 Å². The molecule has 2 fully saturated rings. The lowest BCUT2D eigenvalue weighted by Gasteiger charge is -2.23. The molecule has 3 atom stereocenters. The second kappa shape index (κ2) is 5.50.